The van der Waals surface area contributed by atoms with Gasteiger partial charge in [0.15, 0.2) is 5.75 Å². The highest BCUT2D eigenvalue weighted by molar-refractivity contribution is 8.03. The second-order valence-corrected chi connectivity index (χ2v) is 5.89. The minimum Gasteiger partial charge on any atom is -0.616 e. The summed E-state index contributed by atoms with van der Waals surface area (Å²) in [5, 5.41) is 14.4. The number of hydrogen-bond acceptors (Lipinski definition) is 5. The van der Waals surface area contributed by atoms with Crippen molar-refractivity contribution >= 4 is 22.9 Å². The van der Waals surface area contributed by atoms with Crippen LogP contribution in [0.2, 0.25) is 0 Å². The van der Waals surface area contributed by atoms with E-state index in [1.54, 1.807) is 6.92 Å². The van der Waals surface area contributed by atoms with Gasteiger partial charge >= 0.3 is 5.70 Å². The lowest BCUT2D eigenvalue weighted by molar-refractivity contribution is -0.424. The summed E-state index contributed by atoms with van der Waals surface area (Å²) >= 11 is 0.312. The van der Waals surface area contributed by atoms with Gasteiger partial charge in [0.05, 0.1) is 4.92 Å². The van der Waals surface area contributed by atoms with E-state index < -0.39 is 16.1 Å². The van der Waals surface area contributed by atoms with Crippen LogP contribution in [-0.2, 0) is 11.2 Å². The predicted molar refractivity (Wildman–Crippen MR) is 62.6 cm³/mol. The van der Waals surface area contributed by atoms with E-state index in [0.29, 0.717) is 10.8 Å². The molecule has 1 atom stereocenters. The zero-order valence-electron chi connectivity index (χ0n) is 8.52. The lowest BCUT2D eigenvalue weighted by Gasteiger charge is -2.16. The van der Waals surface area contributed by atoms with Crippen LogP contribution in [0.3, 0.4) is 0 Å². The smallest absolute Gasteiger partial charge is 0.324 e. The second-order valence-electron chi connectivity index (χ2n) is 3.03. The van der Waals surface area contributed by atoms with Crippen LogP contribution in [0.15, 0.2) is 10.7 Å². The SMILES string of the molecule is CC[S+]([O-])CC(=C1NCCCS1)[N+](=O)[O-]. The quantitative estimate of drug-likeness (QED) is 0.456. The Morgan fingerprint density at radius 1 is 1.73 bits per heavy atom. The molecule has 7 heteroatoms. The molecule has 1 unspecified atom stereocenters. The maximum atomic E-state index is 11.3. The highest BCUT2D eigenvalue weighted by atomic mass is 32.2. The van der Waals surface area contributed by atoms with E-state index in [1.807, 2.05) is 0 Å². The molecule has 1 saturated heterocycles. The van der Waals surface area contributed by atoms with Gasteiger partial charge in [-0.2, -0.15) is 0 Å². The average molecular weight is 250 g/mol. The van der Waals surface area contributed by atoms with E-state index in [1.165, 1.54) is 11.8 Å². The molecule has 0 amide bonds. The Labute approximate surface area is 96.0 Å². The van der Waals surface area contributed by atoms with Crippen molar-refractivity contribution in [2.24, 2.45) is 0 Å². The predicted octanol–water partition coefficient (Wildman–Crippen LogP) is 0.927. The van der Waals surface area contributed by atoms with Gasteiger partial charge in [-0.3, -0.25) is 10.1 Å². The molecule has 0 bridgehead atoms. The van der Waals surface area contributed by atoms with Gasteiger partial charge in [-0.05, 0) is 24.5 Å². The first-order chi connectivity index (χ1) is 7.15. The number of rotatable bonds is 4. The lowest BCUT2D eigenvalue weighted by Crippen LogP contribution is -2.26. The van der Waals surface area contributed by atoms with Crippen molar-refractivity contribution in [3.05, 3.63) is 20.8 Å². The summed E-state index contributed by atoms with van der Waals surface area (Å²) in [4.78, 5) is 10.4. The largest absolute Gasteiger partial charge is 0.616 e. The van der Waals surface area contributed by atoms with Crippen molar-refractivity contribution in [2.45, 2.75) is 13.3 Å². The maximum absolute atomic E-state index is 11.3. The van der Waals surface area contributed by atoms with Crippen LogP contribution >= 0.6 is 11.8 Å². The fourth-order valence-electron chi connectivity index (χ4n) is 1.14. The van der Waals surface area contributed by atoms with Crippen LogP contribution in [0.5, 0.6) is 0 Å². The van der Waals surface area contributed by atoms with Crippen LogP contribution in [0.25, 0.3) is 0 Å². The minimum atomic E-state index is -1.13. The van der Waals surface area contributed by atoms with Crippen molar-refractivity contribution in [2.75, 3.05) is 23.8 Å². The van der Waals surface area contributed by atoms with Gasteiger partial charge in [-0.25, -0.2) is 0 Å². The van der Waals surface area contributed by atoms with Gasteiger partial charge in [0.25, 0.3) is 0 Å². The highest BCUT2D eigenvalue weighted by Gasteiger charge is 2.25. The summed E-state index contributed by atoms with van der Waals surface area (Å²) in [6, 6.07) is 0. The molecule has 1 N–H and O–H groups in total. The summed E-state index contributed by atoms with van der Waals surface area (Å²) < 4.78 is 11.3. The van der Waals surface area contributed by atoms with Crippen LogP contribution in [-0.4, -0.2) is 33.3 Å². The molecule has 0 aromatic heterocycles. The number of thioether (sulfide) groups is 1. The number of nitrogens with zero attached hydrogens (tertiary/aromatic N) is 1. The fourth-order valence-corrected chi connectivity index (χ4v) is 3.00. The Bertz CT molecular complexity index is 263. The molecule has 0 aliphatic carbocycles. The molecule has 0 spiro atoms. The van der Waals surface area contributed by atoms with Crippen LogP contribution < -0.4 is 5.32 Å². The summed E-state index contributed by atoms with van der Waals surface area (Å²) in [5.41, 5.74) is 0.0693. The summed E-state index contributed by atoms with van der Waals surface area (Å²) in [5.74, 6) is 1.38. The van der Waals surface area contributed by atoms with E-state index >= 15 is 0 Å². The molecule has 1 aliphatic rings. The number of hydrogen-bond donors (Lipinski definition) is 1. The van der Waals surface area contributed by atoms with E-state index in [2.05, 4.69) is 5.32 Å². The van der Waals surface area contributed by atoms with Crippen LogP contribution in [0.4, 0.5) is 0 Å². The number of nitrogens with one attached hydrogen (secondary N) is 1. The molecule has 86 valence electrons. The Balaban J connectivity index is 2.74. The second kappa shape index (κ2) is 6.24. The number of nitro groups is 1. The summed E-state index contributed by atoms with van der Waals surface area (Å²) in [6.45, 7) is 2.53. The van der Waals surface area contributed by atoms with Gasteiger partial charge in [-0.1, -0.05) is 0 Å². The van der Waals surface area contributed by atoms with E-state index in [4.69, 9.17) is 0 Å². The Morgan fingerprint density at radius 3 is 2.93 bits per heavy atom. The van der Waals surface area contributed by atoms with Crippen molar-refractivity contribution in [1.82, 2.24) is 5.32 Å². The van der Waals surface area contributed by atoms with E-state index in [0.717, 1.165) is 18.7 Å². The first-order valence-electron chi connectivity index (χ1n) is 4.74. The molecule has 0 radical (unpaired) electrons. The molecule has 1 heterocycles. The normalized spacial score (nSPS) is 21.7. The van der Waals surface area contributed by atoms with Gasteiger partial charge < -0.3 is 9.87 Å². The summed E-state index contributed by atoms with van der Waals surface area (Å²) in [7, 11) is 0. The van der Waals surface area contributed by atoms with Crippen LogP contribution in [0.1, 0.15) is 13.3 Å². The third-order valence-corrected chi connectivity index (χ3v) is 4.36. The monoisotopic (exact) mass is 250 g/mol. The van der Waals surface area contributed by atoms with Crippen molar-refractivity contribution < 1.29 is 9.48 Å². The summed E-state index contributed by atoms with van der Waals surface area (Å²) in [6.07, 6.45) is 1.01. The standard InChI is InChI=1S/C8H14N2O3S2/c1-2-15(13)6-7(10(11)12)8-9-4-3-5-14-8/h9H,2-6H2,1H3. The third-order valence-electron chi connectivity index (χ3n) is 1.96. The van der Waals surface area contributed by atoms with Gasteiger partial charge in [0.1, 0.15) is 10.8 Å². The molecule has 1 fully saturated rings. The first kappa shape index (κ1) is 12.7. The van der Waals surface area contributed by atoms with Crippen molar-refractivity contribution in [3.63, 3.8) is 0 Å². The molecule has 0 aromatic carbocycles. The minimum absolute atomic E-state index is 0.0405. The van der Waals surface area contributed by atoms with E-state index in [-0.39, 0.29) is 11.4 Å². The lowest BCUT2D eigenvalue weighted by atomic mass is 10.4. The maximum Gasteiger partial charge on any atom is 0.324 e. The average Bonchev–Trinajstić information content (AvgIpc) is 2.26. The van der Waals surface area contributed by atoms with Crippen LogP contribution in [0, 0.1) is 10.1 Å². The van der Waals surface area contributed by atoms with Gasteiger partial charge in [0.2, 0.25) is 0 Å². The molecule has 15 heavy (non-hydrogen) atoms. The highest BCUT2D eigenvalue weighted by Crippen LogP contribution is 2.23. The Hall–Kier alpha value is -0.400. The molecular weight excluding hydrogens is 236 g/mol. The molecule has 0 aromatic rings. The molecule has 0 saturated carbocycles. The molecule has 1 aliphatic heterocycles. The Morgan fingerprint density at radius 2 is 2.47 bits per heavy atom. The van der Waals surface area contributed by atoms with E-state index in [9.17, 15) is 14.7 Å². The van der Waals surface area contributed by atoms with Crippen molar-refractivity contribution in [1.29, 1.82) is 0 Å². The zero-order valence-corrected chi connectivity index (χ0v) is 10.2. The Kier molecular flexibility index (Phi) is 5.27. The topological polar surface area (TPSA) is 78.2 Å². The molecule has 5 nitrogen and oxygen atoms in total. The fraction of sp³-hybridized carbons (Fsp3) is 0.750. The third kappa shape index (κ3) is 3.92. The first-order valence-corrected chi connectivity index (χ1v) is 7.21. The van der Waals surface area contributed by atoms with Gasteiger partial charge in [0, 0.05) is 12.3 Å². The molecule has 1 rings (SSSR count). The molecular formula is C8H14N2O3S2. The zero-order chi connectivity index (χ0) is 11.3. The van der Waals surface area contributed by atoms with Gasteiger partial charge in [-0.15, -0.1) is 11.8 Å². The van der Waals surface area contributed by atoms with Crippen molar-refractivity contribution in [3.8, 4) is 0 Å².